The molecule has 0 radical (unpaired) electrons. The Kier molecular flexibility index (Phi) is 5.04. The van der Waals surface area contributed by atoms with Crippen molar-refractivity contribution in [3.63, 3.8) is 0 Å². The van der Waals surface area contributed by atoms with Gasteiger partial charge in [-0.3, -0.25) is 14.0 Å². The van der Waals surface area contributed by atoms with Crippen molar-refractivity contribution in [2.75, 3.05) is 0 Å². The van der Waals surface area contributed by atoms with Crippen LogP contribution in [0.5, 0.6) is 0 Å². The molecule has 3 heterocycles. The van der Waals surface area contributed by atoms with E-state index in [0.29, 0.717) is 36.9 Å². The number of carbonyl (C=O) groups is 1. The number of nitrogens with one attached hydrogen (secondary N) is 1. The van der Waals surface area contributed by atoms with Gasteiger partial charge in [-0.25, -0.2) is 4.68 Å². The molecule has 7 heteroatoms. The summed E-state index contributed by atoms with van der Waals surface area (Å²) in [6, 6.07) is 4.26. The van der Waals surface area contributed by atoms with Crippen LogP contribution in [0.2, 0.25) is 0 Å². The van der Waals surface area contributed by atoms with E-state index in [9.17, 15) is 9.59 Å². The molecular formula is C20H26N4O2S. The van der Waals surface area contributed by atoms with Gasteiger partial charge in [-0.05, 0) is 49.6 Å². The average molecular weight is 387 g/mol. The van der Waals surface area contributed by atoms with E-state index in [1.54, 1.807) is 11.3 Å². The Morgan fingerprint density at radius 2 is 2.15 bits per heavy atom. The highest BCUT2D eigenvalue weighted by atomic mass is 32.1. The van der Waals surface area contributed by atoms with Gasteiger partial charge in [0, 0.05) is 19.0 Å². The largest absolute Gasteiger partial charge is 0.353 e. The van der Waals surface area contributed by atoms with Crippen molar-refractivity contribution in [2.45, 2.75) is 65.0 Å². The zero-order valence-corrected chi connectivity index (χ0v) is 16.7. The zero-order chi connectivity index (χ0) is 19.0. The number of aryl methyl sites for hydroxylation is 2. The van der Waals surface area contributed by atoms with Gasteiger partial charge >= 0.3 is 0 Å². The number of carbonyl (C=O) groups excluding carboxylic acids is 1. The first-order chi connectivity index (χ1) is 13.0. The number of aromatic nitrogens is 3. The third kappa shape index (κ3) is 3.52. The normalized spacial score (nSPS) is 20.4. The summed E-state index contributed by atoms with van der Waals surface area (Å²) in [5.74, 6) is 1.43. The van der Waals surface area contributed by atoms with Gasteiger partial charge in [0.05, 0.1) is 10.2 Å². The summed E-state index contributed by atoms with van der Waals surface area (Å²) in [6.07, 6.45) is 5.78. The van der Waals surface area contributed by atoms with Crippen molar-refractivity contribution < 1.29 is 4.79 Å². The maximum Gasteiger partial charge on any atom is 0.291 e. The van der Waals surface area contributed by atoms with Crippen molar-refractivity contribution in [3.8, 4) is 0 Å². The SMILES string of the molecule is Cc1nn(CCCC(=O)N[C@H]2CCCC[C@@H]2C)c(=O)c2cc3sccc3n12. The predicted octanol–water partition coefficient (Wildman–Crippen LogP) is 3.49. The Labute approximate surface area is 162 Å². The summed E-state index contributed by atoms with van der Waals surface area (Å²) in [5, 5.41) is 9.66. The van der Waals surface area contributed by atoms with Gasteiger partial charge < -0.3 is 5.32 Å². The molecule has 2 atom stereocenters. The van der Waals surface area contributed by atoms with Gasteiger partial charge in [-0.1, -0.05) is 19.8 Å². The van der Waals surface area contributed by atoms with Crippen molar-refractivity contribution in [1.29, 1.82) is 0 Å². The van der Waals surface area contributed by atoms with Crippen LogP contribution in [0.4, 0.5) is 0 Å². The molecular weight excluding hydrogens is 360 g/mol. The van der Waals surface area contributed by atoms with Gasteiger partial charge in [0.15, 0.2) is 0 Å². The van der Waals surface area contributed by atoms with E-state index in [0.717, 1.165) is 22.5 Å². The van der Waals surface area contributed by atoms with Gasteiger partial charge in [0.2, 0.25) is 5.91 Å². The summed E-state index contributed by atoms with van der Waals surface area (Å²) in [7, 11) is 0. The summed E-state index contributed by atoms with van der Waals surface area (Å²) < 4.78 is 4.52. The molecule has 1 aliphatic carbocycles. The second kappa shape index (κ2) is 7.46. The van der Waals surface area contributed by atoms with Crippen molar-refractivity contribution in [1.82, 2.24) is 19.5 Å². The molecule has 3 aromatic heterocycles. The fourth-order valence-electron chi connectivity index (χ4n) is 4.18. The molecule has 0 bridgehead atoms. The molecule has 1 amide bonds. The van der Waals surface area contributed by atoms with Crippen molar-refractivity contribution >= 4 is 33.0 Å². The maximum atomic E-state index is 12.8. The van der Waals surface area contributed by atoms with Crippen molar-refractivity contribution in [3.05, 3.63) is 33.7 Å². The highest BCUT2D eigenvalue weighted by Crippen LogP contribution is 2.25. The highest BCUT2D eigenvalue weighted by Gasteiger charge is 2.22. The third-order valence-electron chi connectivity index (χ3n) is 5.70. The van der Waals surface area contributed by atoms with Crippen LogP contribution in [0.1, 0.15) is 51.3 Å². The summed E-state index contributed by atoms with van der Waals surface area (Å²) in [6.45, 7) is 4.59. The Hall–Kier alpha value is -2.15. The minimum Gasteiger partial charge on any atom is -0.353 e. The molecule has 4 rings (SSSR count). The van der Waals surface area contributed by atoms with Crippen LogP contribution in [0.15, 0.2) is 22.3 Å². The number of nitrogens with zero attached hydrogens (tertiary/aromatic N) is 3. The molecule has 0 spiro atoms. The molecule has 27 heavy (non-hydrogen) atoms. The van der Waals surface area contributed by atoms with Gasteiger partial charge in [-0.15, -0.1) is 11.3 Å². The predicted molar refractivity (Wildman–Crippen MR) is 108 cm³/mol. The van der Waals surface area contributed by atoms with Crippen LogP contribution in [-0.2, 0) is 11.3 Å². The molecule has 0 aromatic carbocycles. The van der Waals surface area contributed by atoms with Crippen molar-refractivity contribution in [2.24, 2.45) is 5.92 Å². The summed E-state index contributed by atoms with van der Waals surface area (Å²) in [5.41, 5.74) is 1.60. The first-order valence-corrected chi connectivity index (χ1v) is 10.7. The average Bonchev–Trinajstić information content (AvgIpc) is 3.22. The molecule has 0 unspecified atom stereocenters. The quantitative estimate of drug-likeness (QED) is 0.730. The Morgan fingerprint density at radius 3 is 2.96 bits per heavy atom. The molecule has 1 aliphatic rings. The van der Waals surface area contributed by atoms with E-state index in [4.69, 9.17) is 0 Å². The minimum absolute atomic E-state index is 0.0859. The Balaban J connectivity index is 1.42. The zero-order valence-electron chi connectivity index (χ0n) is 15.9. The maximum absolute atomic E-state index is 12.8. The molecule has 6 nitrogen and oxygen atoms in total. The lowest BCUT2D eigenvalue weighted by molar-refractivity contribution is -0.122. The standard InChI is InChI=1S/C20H26N4O2S/c1-13-6-3-4-7-15(13)21-19(25)8-5-10-23-20(26)17-12-18-16(9-11-27-18)24(17)14(2)22-23/h9,11-13,15H,3-8,10H2,1-2H3,(H,21,25)/t13-,15-/m0/s1. The van der Waals surface area contributed by atoms with Crippen LogP contribution in [-0.4, -0.2) is 26.1 Å². The first-order valence-electron chi connectivity index (χ1n) is 9.80. The number of hydrogen-bond acceptors (Lipinski definition) is 4. The number of hydrogen-bond donors (Lipinski definition) is 1. The fourth-order valence-corrected chi connectivity index (χ4v) is 4.98. The molecule has 1 fully saturated rings. The van der Waals surface area contributed by atoms with E-state index < -0.39 is 0 Å². The third-order valence-corrected chi connectivity index (χ3v) is 6.55. The smallest absolute Gasteiger partial charge is 0.291 e. The molecule has 1 N–H and O–H groups in total. The van der Waals surface area contributed by atoms with Crippen LogP contribution in [0, 0.1) is 12.8 Å². The molecule has 0 aliphatic heterocycles. The highest BCUT2D eigenvalue weighted by molar-refractivity contribution is 7.17. The Bertz CT molecular complexity index is 1030. The van der Waals surface area contributed by atoms with E-state index in [1.165, 1.54) is 23.9 Å². The molecule has 1 saturated carbocycles. The van der Waals surface area contributed by atoms with Gasteiger partial charge in [0.25, 0.3) is 5.56 Å². The number of rotatable bonds is 5. The topological polar surface area (TPSA) is 68.4 Å². The number of amides is 1. The van der Waals surface area contributed by atoms with Gasteiger partial charge in [-0.2, -0.15) is 5.10 Å². The van der Waals surface area contributed by atoms with E-state index in [-0.39, 0.29) is 11.5 Å². The first kappa shape index (κ1) is 18.2. The summed E-state index contributed by atoms with van der Waals surface area (Å²) in [4.78, 5) is 25.0. The fraction of sp³-hybridized carbons (Fsp3) is 0.550. The minimum atomic E-state index is -0.0923. The van der Waals surface area contributed by atoms with E-state index in [1.807, 2.05) is 28.8 Å². The van der Waals surface area contributed by atoms with Crippen LogP contribution >= 0.6 is 11.3 Å². The number of thiophene rings is 1. The van der Waals surface area contributed by atoms with E-state index in [2.05, 4.69) is 17.3 Å². The lowest BCUT2D eigenvalue weighted by atomic mass is 9.86. The molecule has 3 aromatic rings. The van der Waals surface area contributed by atoms with Gasteiger partial charge in [0.1, 0.15) is 11.3 Å². The van der Waals surface area contributed by atoms with E-state index >= 15 is 0 Å². The number of fused-ring (bicyclic) bond motifs is 3. The second-order valence-corrected chi connectivity index (χ2v) is 8.60. The monoisotopic (exact) mass is 386 g/mol. The second-order valence-electron chi connectivity index (χ2n) is 7.65. The lowest BCUT2D eigenvalue weighted by Crippen LogP contribution is -2.41. The molecule has 0 saturated heterocycles. The lowest BCUT2D eigenvalue weighted by Gasteiger charge is -2.29. The molecule has 144 valence electrons. The van der Waals surface area contributed by atoms with Crippen LogP contribution < -0.4 is 10.9 Å². The van der Waals surface area contributed by atoms with Crippen LogP contribution in [0.25, 0.3) is 15.7 Å². The summed E-state index contributed by atoms with van der Waals surface area (Å²) >= 11 is 1.62. The van der Waals surface area contributed by atoms with Crippen LogP contribution in [0.3, 0.4) is 0 Å². The Morgan fingerprint density at radius 1 is 1.33 bits per heavy atom.